The van der Waals surface area contributed by atoms with Crippen LogP contribution in [0.5, 0.6) is 11.5 Å². The normalized spacial score (nSPS) is 12.7. The van der Waals surface area contributed by atoms with E-state index >= 15 is 0 Å². The van der Waals surface area contributed by atoms with Gasteiger partial charge in [-0.3, -0.25) is 19.2 Å². The lowest BCUT2D eigenvalue weighted by Gasteiger charge is -2.18. The van der Waals surface area contributed by atoms with Crippen molar-refractivity contribution < 1.29 is 38.1 Å². The van der Waals surface area contributed by atoms with E-state index in [4.69, 9.17) is 18.9 Å². The Labute approximate surface area is 207 Å². The first-order valence-corrected chi connectivity index (χ1v) is 12.0. The average molecular weight is 494 g/mol. The van der Waals surface area contributed by atoms with Gasteiger partial charge in [0.05, 0.1) is 18.9 Å². The smallest absolute Gasteiger partial charge is 0.323 e. The molecule has 9 nitrogen and oxygen atoms in total. The summed E-state index contributed by atoms with van der Waals surface area (Å²) in [5.74, 6) is -2.00. The molecule has 0 fully saturated rings. The molecule has 1 unspecified atom stereocenters. The highest BCUT2D eigenvalue weighted by molar-refractivity contribution is 5.78. The molecule has 0 amide bonds. The third-order valence-electron chi connectivity index (χ3n) is 5.27. The molecule has 1 N–H and O–H groups in total. The number of hydrogen-bond donors (Lipinski definition) is 1. The summed E-state index contributed by atoms with van der Waals surface area (Å²) in [5, 5.41) is 3.04. The zero-order valence-electron chi connectivity index (χ0n) is 21.8. The van der Waals surface area contributed by atoms with Gasteiger partial charge in [0, 0.05) is 13.0 Å². The largest absolute Gasteiger partial charge is 0.468 e. The highest BCUT2D eigenvalue weighted by Crippen LogP contribution is 2.30. The Morgan fingerprint density at radius 3 is 2.03 bits per heavy atom. The maximum atomic E-state index is 12.3. The van der Waals surface area contributed by atoms with Gasteiger partial charge in [-0.05, 0) is 30.0 Å². The number of carbonyl (C=O) groups is 4. The fourth-order valence-corrected chi connectivity index (χ4v) is 2.80. The molecule has 0 aliphatic heterocycles. The zero-order valence-corrected chi connectivity index (χ0v) is 21.8. The van der Waals surface area contributed by atoms with Crippen molar-refractivity contribution in [2.45, 2.75) is 66.8 Å². The molecule has 196 valence electrons. The summed E-state index contributed by atoms with van der Waals surface area (Å²) in [6.45, 7) is 11.1. The summed E-state index contributed by atoms with van der Waals surface area (Å²) < 4.78 is 21.0. The minimum absolute atomic E-state index is 0.0952. The number of ether oxygens (including phenoxy) is 4. The van der Waals surface area contributed by atoms with Crippen molar-refractivity contribution in [3.05, 3.63) is 23.8 Å². The first-order valence-electron chi connectivity index (χ1n) is 12.0. The second kappa shape index (κ2) is 15.1. The van der Waals surface area contributed by atoms with Crippen LogP contribution in [0.1, 0.15) is 59.9 Å². The highest BCUT2D eigenvalue weighted by Gasteiger charge is 2.22. The molecule has 0 saturated heterocycles. The maximum absolute atomic E-state index is 12.3. The predicted octanol–water partition coefficient (Wildman–Crippen LogP) is 3.46. The van der Waals surface area contributed by atoms with E-state index in [1.165, 1.54) is 13.2 Å². The molecule has 9 heteroatoms. The monoisotopic (exact) mass is 493 g/mol. The van der Waals surface area contributed by atoms with E-state index in [0.717, 1.165) is 6.42 Å². The van der Waals surface area contributed by atoms with Gasteiger partial charge in [0.1, 0.15) is 12.6 Å². The van der Waals surface area contributed by atoms with E-state index in [1.54, 1.807) is 39.8 Å². The van der Waals surface area contributed by atoms with Crippen LogP contribution in [0.4, 0.5) is 0 Å². The molecule has 1 rings (SSSR count). The molecule has 0 aromatic heterocycles. The van der Waals surface area contributed by atoms with E-state index in [0.29, 0.717) is 12.0 Å². The van der Waals surface area contributed by atoms with Crippen molar-refractivity contribution in [1.82, 2.24) is 5.32 Å². The Balaban J connectivity index is 2.94. The minimum Gasteiger partial charge on any atom is -0.468 e. The molecule has 35 heavy (non-hydrogen) atoms. The second-order valence-corrected chi connectivity index (χ2v) is 9.10. The summed E-state index contributed by atoms with van der Waals surface area (Å²) in [5.41, 5.74) is 0.651. The zero-order chi connectivity index (χ0) is 26.5. The molecule has 2 atom stereocenters. The molecular formula is C26H39NO8. The number of methoxy groups -OCH3 is 1. The van der Waals surface area contributed by atoms with Crippen LogP contribution >= 0.6 is 0 Å². The Hall–Kier alpha value is -2.94. The van der Waals surface area contributed by atoms with Crippen molar-refractivity contribution in [1.29, 1.82) is 0 Å². The van der Waals surface area contributed by atoms with Gasteiger partial charge in [0.25, 0.3) is 0 Å². The van der Waals surface area contributed by atoms with Crippen molar-refractivity contribution in [2.75, 3.05) is 20.3 Å². The van der Waals surface area contributed by atoms with E-state index < -0.39 is 23.9 Å². The SMILES string of the molecule is CCC(C)CC(=O)OCCN[C@@H](Cc1ccc(OC(=O)C(C)C)c(OC(=O)C(C)C)c1)C(=O)OC. The molecule has 1 aromatic carbocycles. The first-order chi connectivity index (χ1) is 16.5. The lowest BCUT2D eigenvalue weighted by Crippen LogP contribution is -2.41. The maximum Gasteiger partial charge on any atom is 0.323 e. The van der Waals surface area contributed by atoms with Gasteiger partial charge in [-0.2, -0.15) is 0 Å². The Kier molecular flexibility index (Phi) is 13.0. The average Bonchev–Trinajstić information content (AvgIpc) is 2.81. The van der Waals surface area contributed by atoms with E-state index in [1.807, 2.05) is 13.8 Å². The van der Waals surface area contributed by atoms with Crippen LogP contribution in [0.15, 0.2) is 18.2 Å². The van der Waals surface area contributed by atoms with Gasteiger partial charge in [0.2, 0.25) is 0 Å². The van der Waals surface area contributed by atoms with Gasteiger partial charge in [-0.1, -0.05) is 54.0 Å². The van der Waals surface area contributed by atoms with Gasteiger partial charge < -0.3 is 24.3 Å². The lowest BCUT2D eigenvalue weighted by molar-refractivity contribution is -0.145. The Morgan fingerprint density at radius 1 is 0.886 bits per heavy atom. The van der Waals surface area contributed by atoms with Crippen LogP contribution in [-0.4, -0.2) is 50.2 Å². The third kappa shape index (κ3) is 10.9. The van der Waals surface area contributed by atoms with Crippen molar-refractivity contribution in [3.63, 3.8) is 0 Å². The molecule has 0 radical (unpaired) electrons. The molecule has 1 aromatic rings. The number of benzene rings is 1. The van der Waals surface area contributed by atoms with E-state index in [-0.39, 0.29) is 54.8 Å². The van der Waals surface area contributed by atoms with Crippen LogP contribution in [0.3, 0.4) is 0 Å². The van der Waals surface area contributed by atoms with Crippen LogP contribution in [0, 0.1) is 17.8 Å². The third-order valence-corrected chi connectivity index (χ3v) is 5.27. The molecule has 0 bridgehead atoms. The Morgan fingerprint density at radius 2 is 1.49 bits per heavy atom. The predicted molar refractivity (Wildman–Crippen MR) is 130 cm³/mol. The number of esters is 4. The van der Waals surface area contributed by atoms with Crippen LogP contribution < -0.4 is 14.8 Å². The number of carbonyl (C=O) groups excluding carboxylic acids is 4. The molecular weight excluding hydrogens is 454 g/mol. The molecule has 0 aliphatic carbocycles. The lowest BCUT2D eigenvalue weighted by atomic mass is 10.0. The van der Waals surface area contributed by atoms with Gasteiger partial charge in [-0.25, -0.2) is 0 Å². The highest BCUT2D eigenvalue weighted by atomic mass is 16.6. The second-order valence-electron chi connectivity index (χ2n) is 9.10. The molecule has 0 saturated carbocycles. The summed E-state index contributed by atoms with van der Waals surface area (Å²) in [6.07, 6.45) is 1.45. The molecule has 0 aliphatic rings. The summed E-state index contributed by atoms with van der Waals surface area (Å²) in [6, 6.07) is 4.04. The molecule has 0 spiro atoms. The van der Waals surface area contributed by atoms with Gasteiger partial charge in [0.15, 0.2) is 11.5 Å². The van der Waals surface area contributed by atoms with Gasteiger partial charge in [-0.15, -0.1) is 0 Å². The number of rotatable bonds is 14. The van der Waals surface area contributed by atoms with Crippen molar-refractivity contribution in [2.24, 2.45) is 17.8 Å². The molecule has 0 heterocycles. The van der Waals surface area contributed by atoms with Crippen molar-refractivity contribution >= 4 is 23.9 Å². The van der Waals surface area contributed by atoms with Crippen LogP contribution in [0.25, 0.3) is 0 Å². The Bertz CT molecular complexity index is 865. The fourth-order valence-electron chi connectivity index (χ4n) is 2.80. The number of hydrogen-bond acceptors (Lipinski definition) is 9. The quantitative estimate of drug-likeness (QED) is 0.236. The topological polar surface area (TPSA) is 117 Å². The summed E-state index contributed by atoms with van der Waals surface area (Å²) >= 11 is 0. The summed E-state index contributed by atoms with van der Waals surface area (Å²) in [7, 11) is 1.29. The van der Waals surface area contributed by atoms with E-state index in [2.05, 4.69) is 5.32 Å². The standard InChI is InChI=1S/C26H39NO8/c1-8-18(6)13-23(28)33-12-11-27-20(26(31)32-7)14-19-9-10-21(34-24(29)16(2)3)22(15-19)35-25(30)17(4)5/h9-10,15-18,20,27H,8,11-14H2,1-7H3/t18?,20-/m0/s1. The van der Waals surface area contributed by atoms with E-state index in [9.17, 15) is 19.2 Å². The summed E-state index contributed by atoms with van der Waals surface area (Å²) in [4.78, 5) is 48.4. The van der Waals surface area contributed by atoms with Crippen molar-refractivity contribution in [3.8, 4) is 11.5 Å². The minimum atomic E-state index is -0.731. The van der Waals surface area contributed by atoms with Crippen LogP contribution in [-0.2, 0) is 35.1 Å². The van der Waals surface area contributed by atoms with Gasteiger partial charge >= 0.3 is 23.9 Å². The van der Waals surface area contributed by atoms with Crippen LogP contribution in [0.2, 0.25) is 0 Å². The first kappa shape index (κ1) is 30.1. The fraction of sp³-hybridized carbons (Fsp3) is 0.615. The number of nitrogens with one attached hydrogen (secondary N) is 1.